The number of hydrogen-bond acceptors (Lipinski definition) is 4. The SMILES string of the molecule is O=C(OC1CCCCC1)c1cc(S(=O)(=O)N2CCCC2)ccc1Br. The molecular weight excluding hydrogens is 394 g/mol. The van der Waals surface area contributed by atoms with Gasteiger partial charge in [-0.25, -0.2) is 13.2 Å². The van der Waals surface area contributed by atoms with Crippen molar-refractivity contribution in [3.63, 3.8) is 0 Å². The van der Waals surface area contributed by atoms with E-state index in [1.807, 2.05) is 0 Å². The van der Waals surface area contributed by atoms with Gasteiger partial charge >= 0.3 is 5.97 Å². The molecule has 0 aromatic heterocycles. The Hall–Kier alpha value is -0.920. The van der Waals surface area contributed by atoms with Crippen LogP contribution in [0.2, 0.25) is 0 Å². The summed E-state index contributed by atoms with van der Waals surface area (Å²) in [5.74, 6) is -0.452. The Bertz CT molecular complexity index is 707. The lowest BCUT2D eigenvalue weighted by atomic mass is 9.98. The first-order valence-corrected chi connectivity index (χ1v) is 10.7. The van der Waals surface area contributed by atoms with E-state index in [4.69, 9.17) is 4.74 Å². The summed E-state index contributed by atoms with van der Waals surface area (Å²) in [6.45, 7) is 1.08. The van der Waals surface area contributed by atoms with Crippen molar-refractivity contribution in [1.82, 2.24) is 4.31 Å². The predicted molar refractivity (Wildman–Crippen MR) is 94.4 cm³/mol. The summed E-state index contributed by atoms with van der Waals surface area (Å²) in [5.41, 5.74) is 0.279. The lowest BCUT2D eigenvalue weighted by Crippen LogP contribution is -2.28. The van der Waals surface area contributed by atoms with Gasteiger partial charge in [0.2, 0.25) is 10.0 Å². The van der Waals surface area contributed by atoms with Crippen LogP contribution in [0.1, 0.15) is 55.3 Å². The van der Waals surface area contributed by atoms with Crippen LogP contribution in [0.4, 0.5) is 0 Å². The van der Waals surface area contributed by atoms with Gasteiger partial charge in [-0.15, -0.1) is 0 Å². The maximum atomic E-state index is 12.7. The van der Waals surface area contributed by atoms with Gasteiger partial charge in [0.1, 0.15) is 6.10 Å². The smallest absolute Gasteiger partial charge is 0.339 e. The van der Waals surface area contributed by atoms with Gasteiger partial charge < -0.3 is 4.74 Å². The second-order valence-electron chi connectivity index (χ2n) is 6.42. The van der Waals surface area contributed by atoms with Gasteiger partial charge in [-0.2, -0.15) is 4.31 Å². The minimum Gasteiger partial charge on any atom is -0.459 e. The zero-order valence-electron chi connectivity index (χ0n) is 13.5. The first-order chi connectivity index (χ1) is 11.5. The standard InChI is InChI=1S/C17H22BrNO4S/c18-16-9-8-14(24(21,22)19-10-4-5-11-19)12-15(16)17(20)23-13-6-2-1-3-7-13/h8-9,12-13H,1-7,10-11H2. The molecule has 0 bridgehead atoms. The molecule has 3 rings (SSSR count). The summed E-state index contributed by atoms with van der Waals surface area (Å²) in [4.78, 5) is 12.6. The Balaban J connectivity index is 1.81. The van der Waals surface area contributed by atoms with E-state index in [0.717, 1.165) is 38.5 Å². The third-order valence-corrected chi connectivity index (χ3v) is 7.27. The lowest BCUT2D eigenvalue weighted by Gasteiger charge is -2.22. The molecule has 1 saturated carbocycles. The fourth-order valence-corrected chi connectivity index (χ4v) is 5.25. The third kappa shape index (κ3) is 3.83. The number of carbonyl (C=O) groups excluding carboxylic acids is 1. The van der Waals surface area contributed by atoms with E-state index in [1.165, 1.54) is 22.9 Å². The van der Waals surface area contributed by atoms with Crippen molar-refractivity contribution in [3.05, 3.63) is 28.2 Å². The van der Waals surface area contributed by atoms with E-state index in [9.17, 15) is 13.2 Å². The highest BCUT2D eigenvalue weighted by molar-refractivity contribution is 9.10. The third-order valence-electron chi connectivity index (χ3n) is 4.69. The fourth-order valence-electron chi connectivity index (χ4n) is 3.30. The minimum absolute atomic E-state index is 0.0583. The number of rotatable bonds is 4. The monoisotopic (exact) mass is 415 g/mol. The number of halogens is 1. The van der Waals surface area contributed by atoms with Crippen LogP contribution in [0.15, 0.2) is 27.6 Å². The van der Waals surface area contributed by atoms with E-state index in [0.29, 0.717) is 17.6 Å². The Morgan fingerprint density at radius 2 is 1.75 bits per heavy atom. The average molecular weight is 416 g/mol. The fraction of sp³-hybridized carbons (Fsp3) is 0.588. The van der Waals surface area contributed by atoms with Crippen LogP contribution in [-0.2, 0) is 14.8 Å². The van der Waals surface area contributed by atoms with Crippen LogP contribution < -0.4 is 0 Å². The van der Waals surface area contributed by atoms with Crippen LogP contribution in [0, 0.1) is 0 Å². The Morgan fingerprint density at radius 1 is 1.08 bits per heavy atom. The second kappa shape index (κ2) is 7.54. The van der Waals surface area contributed by atoms with Crippen LogP contribution >= 0.6 is 15.9 Å². The number of carbonyl (C=O) groups is 1. The highest BCUT2D eigenvalue weighted by Gasteiger charge is 2.29. The average Bonchev–Trinajstić information content (AvgIpc) is 3.11. The molecule has 1 saturated heterocycles. The van der Waals surface area contributed by atoms with Crippen molar-refractivity contribution < 1.29 is 17.9 Å². The number of sulfonamides is 1. The van der Waals surface area contributed by atoms with Crippen molar-refractivity contribution >= 4 is 31.9 Å². The van der Waals surface area contributed by atoms with Gasteiger partial charge in [0, 0.05) is 17.6 Å². The molecule has 24 heavy (non-hydrogen) atoms. The molecule has 1 aromatic carbocycles. The van der Waals surface area contributed by atoms with Crippen LogP contribution in [0.3, 0.4) is 0 Å². The number of hydrogen-bond donors (Lipinski definition) is 0. The molecule has 0 amide bonds. The lowest BCUT2D eigenvalue weighted by molar-refractivity contribution is 0.0210. The number of benzene rings is 1. The van der Waals surface area contributed by atoms with Gasteiger partial charge in [-0.1, -0.05) is 6.42 Å². The van der Waals surface area contributed by atoms with Crippen molar-refractivity contribution in [2.24, 2.45) is 0 Å². The van der Waals surface area contributed by atoms with E-state index in [1.54, 1.807) is 6.07 Å². The topological polar surface area (TPSA) is 63.7 Å². The summed E-state index contributed by atoms with van der Waals surface area (Å²) >= 11 is 3.34. The zero-order chi connectivity index (χ0) is 17.2. The van der Waals surface area contributed by atoms with Crippen LogP contribution in [-0.4, -0.2) is 37.9 Å². The Morgan fingerprint density at radius 3 is 2.42 bits per heavy atom. The van der Waals surface area contributed by atoms with Crippen molar-refractivity contribution in [2.75, 3.05) is 13.1 Å². The molecule has 1 aliphatic heterocycles. The molecule has 0 spiro atoms. The van der Waals surface area contributed by atoms with Crippen molar-refractivity contribution in [1.29, 1.82) is 0 Å². The molecule has 2 fully saturated rings. The second-order valence-corrected chi connectivity index (χ2v) is 9.21. The minimum atomic E-state index is -3.54. The quantitative estimate of drug-likeness (QED) is 0.702. The molecule has 1 aromatic rings. The van der Waals surface area contributed by atoms with Crippen molar-refractivity contribution in [3.8, 4) is 0 Å². The van der Waals surface area contributed by atoms with Gasteiger partial charge in [-0.3, -0.25) is 0 Å². The van der Waals surface area contributed by atoms with Gasteiger partial charge in [0.25, 0.3) is 0 Å². The summed E-state index contributed by atoms with van der Waals surface area (Å²) in [5, 5.41) is 0. The molecule has 5 nitrogen and oxygen atoms in total. The molecule has 0 radical (unpaired) electrons. The molecule has 1 heterocycles. The number of esters is 1. The highest BCUT2D eigenvalue weighted by atomic mass is 79.9. The Labute approximate surface area is 151 Å². The molecule has 0 N–H and O–H groups in total. The van der Waals surface area contributed by atoms with Gasteiger partial charge in [0.05, 0.1) is 10.5 Å². The first kappa shape index (κ1) is 17.9. The first-order valence-electron chi connectivity index (χ1n) is 8.49. The molecule has 0 unspecified atom stereocenters. The number of nitrogens with zero attached hydrogens (tertiary/aromatic N) is 1. The molecular formula is C17H22BrNO4S. The summed E-state index contributed by atoms with van der Waals surface area (Å²) in [6.07, 6.45) is 6.80. The Kier molecular flexibility index (Phi) is 5.62. The molecule has 1 aliphatic carbocycles. The molecule has 132 valence electrons. The zero-order valence-corrected chi connectivity index (χ0v) is 15.9. The van der Waals surface area contributed by atoms with Crippen LogP contribution in [0.25, 0.3) is 0 Å². The van der Waals surface area contributed by atoms with E-state index >= 15 is 0 Å². The summed E-state index contributed by atoms with van der Waals surface area (Å²) < 4.78 is 32.9. The highest BCUT2D eigenvalue weighted by Crippen LogP contribution is 2.27. The maximum Gasteiger partial charge on any atom is 0.339 e. The maximum absolute atomic E-state index is 12.7. The molecule has 2 aliphatic rings. The summed E-state index contributed by atoms with van der Waals surface area (Å²) in [6, 6.07) is 4.58. The van der Waals surface area contributed by atoms with E-state index in [-0.39, 0.29) is 16.6 Å². The van der Waals surface area contributed by atoms with Crippen molar-refractivity contribution in [2.45, 2.75) is 55.9 Å². The summed E-state index contributed by atoms with van der Waals surface area (Å²) in [7, 11) is -3.54. The largest absolute Gasteiger partial charge is 0.459 e. The van der Waals surface area contributed by atoms with Gasteiger partial charge in [-0.05, 0) is 72.7 Å². The predicted octanol–water partition coefficient (Wildman–Crippen LogP) is 3.72. The molecule has 7 heteroatoms. The number of ether oxygens (including phenoxy) is 1. The normalized spacial score (nSPS) is 20.2. The van der Waals surface area contributed by atoms with Crippen LogP contribution in [0.5, 0.6) is 0 Å². The van der Waals surface area contributed by atoms with E-state index in [2.05, 4.69) is 15.9 Å². The molecule has 0 atom stereocenters. The van der Waals surface area contributed by atoms with E-state index < -0.39 is 16.0 Å². The van der Waals surface area contributed by atoms with Gasteiger partial charge in [0.15, 0.2) is 0 Å².